The molecule has 1 aromatic carbocycles. The first-order valence-corrected chi connectivity index (χ1v) is 8.53. The van der Waals surface area contributed by atoms with Gasteiger partial charge >= 0.3 is 0 Å². The van der Waals surface area contributed by atoms with E-state index in [0.717, 1.165) is 12.3 Å². The van der Waals surface area contributed by atoms with E-state index in [0.29, 0.717) is 5.25 Å². The van der Waals surface area contributed by atoms with Crippen LogP contribution in [0.15, 0.2) is 29.2 Å². The van der Waals surface area contributed by atoms with Crippen molar-refractivity contribution in [2.24, 2.45) is 0 Å². The van der Waals surface area contributed by atoms with Gasteiger partial charge in [0.15, 0.2) is 0 Å². The summed E-state index contributed by atoms with van der Waals surface area (Å²) in [6.07, 6.45) is 3.60. The first kappa shape index (κ1) is 12.7. The lowest BCUT2D eigenvalue weighted by Crippen LogP contribution is -2.40. The summed E-state index contributed by atoms with van der Waals surface area (Å²) in [7, 11) is 0. The molecule has 0 aliphatic carbocycles. The summed E-state index contributed by atoms with van der Waals surface area (Å²) in [5.41, 5.74) is 6.75. The van der Waals surface area contributed by atoms with Crippen LogP contribution in [0.25, 0.3) is 0 Å². The molecule has 2 saturated heterocycles. The van der Waals surface area contributed by atoms with Crippen molar-refractivity contribution in [3.8, 4) is 0 Å². The van der Waals surface area contributed by atoms with Gasteiger partial charge in [-0.15, -0.1) is 11.8 Å². The van der Waals surface area contributed by atoms with Gasteiger partial charge in [0.2, 0.25) is 0 Å². The first-order chi connectivity index (χ1) is 8.76. The second-order valence-corrected chi connectivity index (χ2v) is 7.61. The third-order valence-corrected chi connectivity index (χ3v) is 6.20. The number of thioether (sulfide) groups is 2. The fourth-order valence-corrected chi connectivity index (χ4v) is 5.34. The number of benzene rings is 1. The van der Waals surface area contributed by atoms with Crippen molar-refractivity contribution in [1.29, 1.82) is 0 Å². The average molecular weight is 281 g/mol. The van der Waals surface area contributed by atoms with E-state index >= 15 is 0 Å². The normalized spacial score (nSPS) is 31.9. The molecule has 0 bridgehead atoms. The first-order valence-electron chi connectivity index (χ1n) is 6.50. The van der Waals surface area contributed by atoms with Crippen molar-refractivity contribution in [2.45, 2.75) is 35.0 Å². The van der Waals surface area contributed by atoms with E-state index < -0.39 is 0 Å². The van der Waals surface area contributed by atoms with Crippen molar-refractivity contribution >= 4 is 29.2 Å². The summed E-state index contributed by atoms with van der Waals surface area (Å²) < 4.78 is 6.06. The smallest absolute Gasteiger partial charge is 0.0791 e. The van der Waals surface area contributed by atoms with Gasteiger partial charge in [-0.2, -0.15) is 11.8 Å². The molecule has 0 aromatic heterocycles. The van der Waals surface area contributed by atoms with E-state index in [1.54, 1.807) is 0 Å². The van der Waals surface area contributed by atoms with Gasteiger partial charge in [-0.25, -0.2) is 0 Å². The third-order valence-electron chi connectivity index (χ3n) is 3.70. The second kappa shape index (κ2) is 5.35. The molecule has 2 aliphatic heterocycles. The minimum Gasteiger partial charge on any atom is -0.399 e. The highest BCUT2D eigenvalue weighted by Gasteiger charge is 2.40. The van der Waals surface area contributed by atoms with Gasteiger partial charge in [0, 0.05) is 28.2 Å². The van der Waals surface area contributed by atoms with Gasteiger partial charge < -0.3 is 10.5 Å². The van der Waals surface area contributed by atoms with Crippen LogP contribution in [0.5, 0.6) is 0 Å². The van der Waals surface area contributed by atoms with Gasteiger partial charge in [0.25, 0.3) is 0 Å². The predicted molar refractivity (Wildman–Crippen MR) is 80.4 cm³/mol. The van der Waals surface area contributed by atoms with Crippen LogP contribution < -0.4 is 5.73 Å². The Morgan fingerprint density at radius 1 is 1.33 bits per heavy atom. The largest absolute Gasteiger partial charge is 0.399 e. The topological polar surface area (TPSA) is 35.2 Å². The number of anilines is 1. The number of hydrogen-bond donors (Lipinski definition) is 1. The second-order valence-electron chi connectivity index (χ2n) is 5.14. The molecule has 2 aliphatic rings. The van der Waals surface area contributed by atoms with E-state index in [1.807, 2.05) is 35.7 Å². The van der Waals surface area contributed by atoms with Crippen LogP contribution in [0.3, 0.4) is 0 Å². The Labute approximate surface area is 117 Å². The molecule has 1 aromatic rings. The molecule has 0 amide bonds. The van der Waals surface area contributed by atoms with Gasteiger partial charge in [0.1, 0.15) is 0 Å². The van der Waals surface area contributed by atoms with E-state index in [1.165, 1.54) is 35.7 Å². The Bertz CT molecular complexity index is 401. The van der Waals surface area contributed by atoms with Crippen molar-refractivity contribution < 1.29 is 4.74 Å². The minimum atomic E-state index is 0.189. The van der Waals surface area contributed by atoms with Crippen LogP contribution >= 0.6 is 23.5 Å². The lowest BCUT2D eigenvalue weighted by atomic mass is 9.93. The molecule has 2 fully saturated rings. The highest BCUT2D eigenvalue weighted by Crippen LogP contribution is 2.43. The SMILES string of the molecule is Nc1ccc(SC2CCOC3(CCSC3)C2)cc1. The number of nitrogens with two attached hydrogens (primary N) is 1. The summed E-state index contributed by atoms with van der Waals surface area (Å²) in [6.45, 7) is 0.924. The Balaban J connectivity index is 1.64. The molecular formula is C14H19NOS2. The van der Waals surface area contributed by atoms with Crippen molar-refractivity contribution in [3.63, 3.8) is 0 Å². The number of hydrogen-bond acceptors (Lipinski definition) is 4. The van der Waals surface area contributed by atoms with Gasteiger partial charge in [-0.1, -0.05) is 0 Å². The molecule has 4 heteroatoms. The molecule has 2 atom stereocenters. The Morgan fingerprint density at radius 3 is 2.89 bits per heavy atom. The lowest BCUT2D eigenvalue weighted by Gasteiger charge is -2.37. The van der Waals surface area contributed by atoms with Gasteiger partial charge in [-0.05, 0) is 49.3 Å². The van der Waals surface area contributed by atoms with E-state index in [-0.39, 0.29) is 5.60 Å². The van der Waals surface area contributed by atoms with E-state index in [9.17, 15) is 0 Å². The fraction of sp³-hybridized carbons (Fsp3) is 0.571. The average Bonchev–Trinajstić information content (AvgIpc) is 2.80. The van der Waals surface area contributed by atoms with Crippen LogP contribution in [0.4, 0.5) is 5.69 Å². The molecule has 2 N–H and O–H groups in total. The molecule has 3 rings (SSSR count). The summed E-state index contributed by atoms with van der Waals surface area (Å²) in [6, 6.07) is 8.24. The number of rotatable bonds is 2. The van der Waals surface area contributed by atoms with Crippen LogP contribution in [-0.4, -0.2) is 29.0 Å². The molecule has 2 unspecified atom stereocenters. The maximum absolute atomic E-state index is 6.06. The van der Waals surface area contributed by atoms with E-state index in [4.69, 9.17) is 10.5 Å². The number of nitrogen functional groups attached to an aromatic ring is 1. The fourth-order valence-electron chi connectivity index (χ4n) is 2.69. The van der Waals surface area contributed by atoms with Crippen molar-refractivity contribution in [2.75, 3.05) is 23.8 Å². The lowest BCUT2D eigenvalue weighted by molar-refractivity contribution is -0.0562. The Hall–Kier alpha value is -0.320. The van der Waals surface area contributed by atoms with E-state index in [2.05, 4.69) is 12.1 Å². The van der Waals surface area contributed by atoms with Crippen LogP contribution in [0, 0.1) is 0 Å². The molecule has 1 spiro atoms. The van der Waals surface area contributed by atoms with Crippen molar-refractivity contribution in [1.82, 2.24) is 0 Å². The number of ether oxygens (including phenoxy) is 1. The van der Waals surface area contributed by atoms with Crippen molar-refractivity contribution in [3.05, 3.63) is 24.3 Å². The zero-order chi connectivity index (χ0) is 12.4. The van der Waals surface area contributed by atoms with Crippen LogP contribution in [-0.2, 0) is 4.74 Å². The van der Waals surface area contributed by atoms with Gasteiger partial charge in [-0.3, -0.25) is 0 Å². The highest BCUT2D eigenvalue weighted by atomic mass is 32.2. The quantitative estimate of drug-likeness (QED) is 0.843. The predicted octanol–water partition coefficient (Wildman–Crippen LogP) is 3.42. The maximum atomic E-state index is 6.06. The summed E-state index contributed by atoms with van der Waals surface area (Å²) in [5.74, 6) is 2.45. The zero-order valence-corrected chi connectivity index (χ0v) is 12.1. The van der Waals surface area contributed by atoms with Crippen LogP contribution in [0.2, 0.25) is 0 Å². The molecule has 0 saturated carbocycles. The molecule has 2 heterocycles. The summed E-state index contributed by atoms with van der Waals surface area (Å²) >= 11 is 4.03. The minimum absolute atomic E-state index is 0.189. The monoisotopic (exact) mass is 281 g/mol. The molecule has 0 radical (unpaired) electrons. The summed E-state index contributed by atoms with van der Waals surface area (Å²) in [4.78, 5) is 1.33. The molecular weight excluding hydrogens is 262 g/mol. The Kier molecular flexibility index (Phi) is 3.78. The summed E-state index contributed by atoms with van der Waals surface area (Å²) in [5, 5.41) is 0.695. The van der Waals surface area contributed by atoms with Gasteiger partial charge in [0.05, 0.1) is 5.60 Å². The molecule has 2 nitrogen and oxygen atoms in total. The maximum Gasteiger partial charge on any atom is 0.0791 e. The Morgan fingerprint density at radius 2 is 2.17 bits per heavy atom. The molecule has 18 heavy (non-hydrogen) atoms. The third kappa shape index (κ3) is 2.81. The highest BCUT2D eigenvalue weighted by molar-refractivity contribution is 8.00. The standard InChI is InChI=1S/C14H19NOS2/c15-11-1-3-12(4-2-11)18-13-5-7-16-14(9-13)6-8-17-10-14/h1-4,13H,5-10,15H2. The zero-order valence-electron chi connectivity index (χ0n) is 10.4. The van der Waals surface area contributed by atoms with Crippen LogP contribution in [0.1, 0.15) is 19.3 Å². The molecule has 98 valence electrons.